The molecule has 8 heteroatoms. The predicted molar refractivity (Wildman–Crippen MR) is 107 cm³/mol. The Kier molecular flexibility index (Phi) is 5.53. The zero-order valence-corrected chi connectivity index (χ0v) is 15.7. The second-order valence-electron chi connectivity index (χ2n) is 5.46. The molecule has 0 fully saturated rings. The van der Waals surface area contributed by atoms with E-state index in [1.165, 1.54) is 5.56 Å². The highest BCUT2D eigenvalue weighted by molar-refractivity contribution is 7.80. The lowest BCUT2D eigenvalue weighted by Gasteiger charge is -2.08. The van der Waals surface area contributed by atoms with E-state index in [1.807, 2.05) is 43.3 Å². The first-order valence-electron chi connectivity index (χ1n) is 7.47. The van der Waals surface area contributed by atoms with Gasteiger partial charge in [-0.05, 0) is 49.0 Å². The Morgan fingerprint density at radius 2 is 1.84 bits per heavy atom. The van der Waals surface area contributed by atoms with Crippen LogP contribution >= 0.6 is 35.4 Å². The van der Waals surface area contributed by atoms with Crippen molar-refractivity contribution in [1.29, 1.82) is 0 Å². The molecule has 0 unspecified atom stereocenters. The van der Waals surface area contributed by atoms with Gasteiger partial charge < -0.3 is 5.32 Å². The van der Waals surface area contributed by atoms with Gasteiger partial charge in [-0.3, -0.25) is 5.32 Å². The van der Waals surface area contributed by atoms with Crippen LogP contribution in [0.4, 0.5) is 11.6 Å². The topological polar surface area (TPSA) is 54.8 Å². The molecule has 2 N–H and O–H groups in total. The molecular formula is C17H15Cl2N5S. The fourth-order valence-electron chi connectivity index (χ4n) is 2.15. The summed E-state index contributed by atoms with van der Waals surface area (Å²) in [5.74, 6) is 0.421. The van der Waals surface area contributed by atoms with Gasteiger partial charge in [0.1, 0.15) is 6.33 Å². The summed E-state index contributed by atoms with van der Waals surface area (Å²) >= 11 is 17.2. The van der Waals surface area contributed by atoms with Crippen molar-refractivity contribution in [3.63, 3.8) is 0 Å². The lowest BCUT2D eigenvalue weighted by molar-refractivity contribution is 0.687. The Labute approximate surface area is 161 Å². The van der Waals surface area contributed by atoms with E-state index in [1.54, 1.807) is 17.1 Å². The van der Waals surface area contributed by atoms with Crippen molar-refractivity contribution in [2.75, 3.05) is 10.6 Å². The van der Waals surface area contributed by atoms with Crippen LogP contribution in [0.2, 0.25) is 10.0 Å². The van der Waals surface area contributed by atoms with E-state index in [-0.39, 0.29) is 0 Å². The van der Waals surface area contributed by atoms with Gasteiger partial charge in [-0.1, -0.05) is 47.0 Å². The number of hydrogen-bond donors (Lipinski definition) is 2. The summed E-state index contributed by atoms with van der Waals surface area (Å²) in [6, 6.07) is 13.4. The number of aryl methyl sites for hydroxylation is 1. The second kappa shape index (κ2) is 7.82. The lowest BCUT2D eigenvalue weighted by atomic mass is 10.2. The smallest absolute Gasteiger partial charge is 0.248 e. The Bertz CT molecular complexity index is 892. The normalized spacial score (nSPS) is 10.5. The van der Waals surface area contributed by atoms with E-state index in [0.717, 1.165) is 11.3 Å². The minimum Gasteiger partial charge on any atom is -0.332 e. The number of benzene rings is 2. The first kappa shape index (κ1) is 17.7. The number of rotatable bonds is 4. The molecule has 128 valence electrons. The van der Waals surface area contributed by atoms with Gasteiger partial charge in [0.25, 0.3) is 0 Å². The van der Waals surface area contributed by atoms with Gasteiger partial charge in [0.05, 0.1) is 16.6 Å². The van der Waals surface area contributed by atoms with Gasteiger partial charge in [-0.25, -0.2) is 9.67 Å². The number of nitrogens with zero attached hydrogens (tertiary/aromatic N) is 3. The molecule has 1 heterocycles. The van der Waals surface area contributed by atoms with Crippen LogP contribution < -0.4 is 10.6 Å². The average molecular weight is 392 g/mol. The van der Waals surface area contributed by atoms with Crippen molar-refractivity contribution >= 4 is 52.2 Å². The van der Waals surface area contributed by atoms with Crippen molar-refractivity contribution in [2.24, 2.45) is 0 Å². The van der Waals surface area contributed by atoms with Crippen LogP contribution in [0.25, 0.3) is 0 Å². The number of thiocarbonyl (C=S) groups is 1. The highest BCUT2D eigenvalue weighted by atomic mass is 35.5. The molecule has 3 aromatic rings. The van der Waals surface area contributed by atoms with Gasteiger partial charge in [0.15, 0.2) is 5.11 Å². The van der Waals surface area contributed by atoms with E-state index < -0.39 is 0 Å². The molecule has 0 aliphatic rings. The number of aromatic nitrogens is 3. The third-order valence-corrected chi connectivity index (χ3v) is 4.34. The summed E-state index contributed by atoms with van der Waals surface area (Å²) in [5, 5.41) is 11.9. The van der Waals surface area contributed by atoms with Gasteiger partial charge >= 0.3 is 0 Å². The van der Waals surface area contributed by atoms with Crippen LogP contribution in [-0.2, 0) is 6.54 Å². The fraction of sp³-hybridized carbons (Fsp3) is 0.118. The molecule has 3 rings (SSSR count). The zero-order chi connectivity index (χ0) is 17.8. The summed E-state index contributed by atoms with van der Waals surface area (Å²) in [6.07, 6.45) is 1.62. The maximum Gasteiger partial charge on any atom is 0.248 e. The zero-order valence-electron chi connectivity index (χ0n) is 13.3. The molecule has 0 bridgehead atoms. The summed E-state index contributed by atoms with van der Waals surface area (Å²) in [4.78, 5) is 4.20. The van der Waals surface area contributed by atoms with Crippen molar-refractivity contribution in [3.05, 3.63) is 70.0 Å². The minimum absolute atomic E-state index is 0.421. The maximum atomic E-state index is 6.03. The minimum atomic E-state index is 0.421. The SMILES string of the molecule is Cc1ccc(NC(=S)Nc2ncn(Cc3ccc(Cl)c(Cl)c3)n2)cc1. The highest BCUT2D eigenvalue weighted by Crippen LogP contribution is 2.22. The van der Waals surface area contributed by atoms with E-state index in [0.29, 0.717) is 27.7 Å². The summed E-state index contributed by atoms with van der Waals surface area (Å²) in [7, 11) is 0. The Hall–Kier alpha value is -2.15. The van der Waals surface area contributed by atoms with E-state index in [4.69, 9.17) is 35.4 Å². The highest BCUT2D eigenvalue weighted by Gasteiger charge is 2.06. The first-order chi connectivity index (χ1) is 12.0. The largest absolute Gasteiger partial charge is 0.332 e. The van der Waals surface area contributed by atoms with Gasteiger partial charge in [0.2, 0.25) is 5.95 Å². The summed E-state index contributed by atoms with van der Waals surface area (Å²) in [6.45, 7) is 2.56. The van der Waals surface area contributed by atoms with Crippen molar-refractivity contribution < 1.29 is 0 Å². The van der Waals surface area contributed by atoms with Crippen molar-refractivity contribution in [1.82, 2.24) is 14.8 Å². The molecule has 0 atom stereocenters. The summed E-state index contributed by atoms with van der Waals surface area (Å²) < 4.78 is 1.69. The number of anilines is 2. The van der Waals surface area contributed by atoms with Crippen LogP contribution in [-0.4, -0.2) is 19.9 Å². The molecule has 0 aliphatic carbocycles. The molecular weight excluding hydrogens is 377 g/mol. The number of nitrogens with one attached hydrogen (secondary N) is 2. The molecule has 25 heavy (non-hydrogen) atoms. The van der Waals surface area contributed by atoms with Gasteiger partial charge in [-0.15, -0.1) is 5.10 Å². The van der Waals surface area contributed by atoms with Crippen LogP contribution in [0.1, 0.15) is 11.1 Å². The Morgan fingerprint density at radius 1 is 1.08 bits per heavy atom. The van der Waals surface area contributed by atoms with E-state index in [9.17, 15) is 0 Å². The molecule has 0 radical (unpaired) electrons. The fourth-order valence-corrected chi connectivity index (χ4v) is 2.68. The molecule has 1 aromatic heterocycles. The van der Waals surface area contributed by atoms with Crippen LogP contribution in [0.3, 0.4) is 0 Å². The summed E-state index contributed by atoms with van der Waals surface area (Å²) in [5.41, 5.74) is 3.07. The Morgan fingerprint density at radius 3 is 2.56 bits per heavy atom. The third-order valence-electron chi connectivity index (χ3n) is 3.40. The van der Waals surface area contributed by atoms with Crippen LogP contribution in [0.15, 0.2) is 48.8 Å². The molecule has 0 amide bonds. The van der Waals surface area contributed by atoms with E-state index >= 15 is 0 Å². The number of halogens is 2. The monoisotopic (exact) mass is 391 g/mol. The maximum absolute atomic E-state index is 6.03. The first-order valence-corrected chi connectivity index (χ1v) is 8.64. The predicted octanol–water partition coefficient (Wildman–Crippen LogP) is 4.75. The Balaban J connectivity index is 1.60. The molecule has 0 spiro atoms. The molecule has 0 saturated heterocycles. The van der Waals surface area contributed by atoms with Crippen molar-refractivity contribution in [2.45, 2.75) is 13.5 Å². The van der Waals surface area contributed by atoms with Gasteiger partial charge in [-0.2, -0.15) is 0 Å². The van der Waals surface area contributed by atoms with Gasteiger partial charge in [0, 0.05) is 5.69 Å². The lowest BCUT2D eigenvalue weighted by Crippen LogP contribution is -2.20. The third kappa shape index (κ3) is 4.92. The second-order valence-corrected chi connectivity index (χ2v) is 6.68. The average Bonchev–Trinajstić information content (AvgIpc) is 3.00. The molecule has 0 saturated carbocycles. The van der Waals surface area contributed by atoms with Crippen molar-refractivity contribution in [3.8, 4) is 0 Å². The quantitative estimate of drug-likeness (QED) is 0.628. The van der Waals surface area contributed by atoms with E-state index in [2.05, 4.69) is 20.7 Å². The molecule has 2 aromatic carbocycles. The van der Waals surface area contributed by atoms with Crippen LogP contribution in [0.5, 0.6) is 0 Å². The standard InChI is InChI=1S/C17H15Cl2N5S/c1-11-2-5-13(6-3-11)21-17(25)22-16-20-10-24(23-16)9-12-4-7-14(18)15(19)8-12/h2-8,10H,9H2,1H3,(H2,21,22,23,25). The number of hydrogen-bond acceptors (Lipinski definition) is 3. The molecule has 5 nitrogen and oxygen atoms in total. The van der Waals surface area contributed by atoms with Crippen LogP contribution in [0, 0.1) is 6.92 Å². The molecule has 0 aliphatic heterocycles.